The molecule has 0 radical (unpaired) electrons. The van der Waals surface area contributed by atoms with Gasteiger partial charge in [-0.1, -0.05) is 23.7 Å². The van der Waals surface area contributed by atoms with Crippen LogP contribution in [0.5, 0.6) is 5.75 Å². The number of anilines is 1. The zero-order valence-corrected chi connectivity index (χ0v) is 16.5. The fraction of sp³-hybridized carbons (Fsp3) is 0.200. The third-order valence-electron chi connectivity index (χ3n) is 4.13. The van der Waals surface area contributed by atoms with Crippen molar-refractivity contribution in [2.24, 2.45) is 0 Å². The summed E-state index contributed by atoms with van der Waals surface area (Å²) in [5, 5.41) is 3.40. The summed E-state index contributed by atoms with van der Waals surface area (Å²) in [5.41, 5.74) is 0.515. The summed E-state index contributed by atoms with van der Waals surface area (Å²) in [4.78, 5) is 41.1. The summed E-state index contributed by atoms with van der Waals surface area (Å²) in [7, 11) is 1.46. The number of hydrogen-bond donors (Lipinski definition) is 1. The summed E-state index contributed by atoms with van der Waals surface area (Å²) in [6.07, 6.45) is 0.170. The van der Waals surface area contributed by atoms with Gasteiger partial charge in [-0.05, 0) is 37.3 Å². The quantitative estimate of drug-likeness (QED) is 0.621. The van der Waals surface area contributed by atoms with Gasteiger partial charge in [-0.3, -0.25) is 19.0 Å². The maximum Gasteiger partial charge on any atom is 0.326 e. The van der Waals surface area contributed by atoms with E-state index in [9.17, 15) is 14.4 Å². The normalized spacial score (nSPS) is 11.7. The second kappa shape index (κ2) is 8.74. The number of hydrogen-bond acceptors (Lipinski definition) is 6. The van der Waals surface area contributed by atoms with E-state index in [0.717, 1.165) is 4.57 Å². The first kappa shape index (κ1) is 20.3. The molecule has 150 valence electrons. The smallest absolute Gasteiger partial charge is 0.326 e. The van der Waals surface area contributed by atoms with Gasteiger partial charge in [0.25, 0.3) is 11.5 Å². The summed E-state index contributed by atoms with van der Waals surface area (Å²) >= 11 is 5.94. The van der Waals surface area contributed by atoms with Gasteiger partial charge in [0.15, 0.2) is 6.10 Å². The first-order chi connectivity index (χ1) is 13.9. The SMILES string of the molecule is COc1ccc(Cl)cc1NC(=O)[C@H](C)OC(=O)Cn1cnc2ccccc2c1=O. The van der Waals surface area contributed by atoms with E-state index in [1.54, 1.807) is 36.4 Å². The minimum absolute atomic E-state index is 0.350. The molecule has 1 aromatic heterocycles. The highest BCUT2D eigenvalue weighted by molar-refractivity contribution is 6.31. The van der Waals surface area contributed by atoms with Crippen LogP contribution < -0.4 is 15.6 Å². The maximum atomic E-state index is 12.4. The molecule has 0 aliphatic rings. The second-order valence-corrected chi connectivity index (χ2v) is 6.60. The van der Waals surface area contributed by atoms with Gasteiger partial charge < -0.3 is 14.8 Å². The van der Waals surface area contributed by atoms with Crippen LogP contribution >= 0.6 is 11.6 Å². The standard InChI is InChI=1S/C20H18ClN3O5/c1-12(19(26)23-16-9-13(21)7-8-17(16)28-2)29-18(25)10-24-11-22-15-6-4-3-5-14(15)20(24)27/h3-9,11-12H,10H2,1-2H3,(H,23,26)/t12-/m0/s1. The van der Waals surface area contributed by atoms with E-state index in [1.165, 1.54) is 26.4 Å². The predicted molar refractivity (Wildman–Crippen MR) is 108 cm³/mol. The molecule has 1 heterocycles. The van der Waals surface area contributed by atoms with Crippen molar-refractivity contribution in [2.45, 2.75) is 19.6 Å². The number of ether oxygens (including phenoxy) is 2. The summed E-state index contributed by atoms with van der Waals surface area (Å²) in [6, 6.07) is 11.6. The van der Waals surface area contributed by atoms with Crippen LogP contribution in [0.3, 0.4) is 0 Å². The molecular formula is C20H18ClN3O5. The number of para-hydroxylation sites is 1. The predicted octanol–water partition coefficient (Wildman–Crippen LogP) is 2.63. The number of fused-ring (bicyclic) bond motifs is 1. The highest BCUT2D eigenvalue weighted by Gasteiger charge is 2.20. The monoisotopic (exact) mass is 415 g/mol. The topological polar surface area (TPSA) is 99.5 Å². The average Bonchev–Trinajstić information content (AvgIpc) is 2.70. The Kier molecular flexibility index (Phi) is 6.13. The summed E-state index contributed by atoms with van der Waals surface area (Å²) < 4.78 is 11.4. The lowest BCUT2D eigenvalue weighted by atomic mass is 10.2. The van der Waals surface area contributed by atoms with Crippen molar-refractivity contribution < 1.29 is 19.1 Å². The van der Waals surface area contributed by atoms with Gasteiger partial charge >= 0.3 is 5.97 Å². The average molecular weight is 416 g/mol. The van der Waals surface area contributed by atoms with E-state index in [4.69, 9.17) is 21.1 Å². The first-order valence-electron chi connectivity index (χ1n) is 8.67. The van der Waals surface area contributed by atoms with Crippen molar-refractivity contribution in [3.63, 3.8) is 0 Å². The van der Waals surface area contributed by atoms with Crippen LogP contribution in [-0.4, -0.2) is 34.6 Å². The lowest BCUT2D eigenvalue weighted by Gasteiger charge is -2.15. The molecule has 1 amide bonds. The van der Waals surface area contributed by atoms with Gasteiger partial charge in [0.1, 0.15) is 12.3 Å². The number of amides is 1. The summed E-state index contributed by atoms with van der Waals surface area (Å²) in [5.74, 6) is -0.900. The van der Waals surface area contributed by atoms with Crippen LogP contribution in [0.15, 0.2) is 53.6 Å². The highest BCUT2D eigenvalue weighted by atomic mass is 35.5. The Morgan fingerprint density at radius 1 is 1.24 bits per heavy atom. The van der Waals surface area contributed by atoms with Crippen LogP contribution in [0.4, 0.5) is 5.69 Å². The molecule has 0 unspecified atom stereocenters. The second-order valence-electron chi connectivity index (χ2n) is 6.16. The van der Waals surface area contributed by atoms with E-state index in [-0.39, 0.29) is 12.1 Å². The first-order valence-corrected chi connectivity index (χ1v) is 9.05. The van der Waals surface area contributed by atoms with E-state index in [1.807, 2.05) is 0 Å². The Balaban J connectivity index is 1.66. The Labute approximate surface area is 171 Å². The number of carbonyl (C=O) groups excluding carboxylic acids is 2. The molecule has 1 N–H and O–H groups in total. The molecular weight excluding hydrogens is 398 g/mol. The molecule has 0 spiro atoms. The van der Waals surface area contributed by atoms with Crippen molar-refractivity contribution in [3.8, 4) is 5.75 Å². The number of esters is 1. The summed E-state index contributed by atoms with van der Waals surface area (Å²) in [6.45, 7) is 1.06. The third kappa shape index (κ3) is 4.72. The van der Waals surface area contributed by atoms with Gasteiger partial charge in [-0.15, -0.1) is 0 Å². The number of halogens is 1. The molecule has 9 heteroatoms. The Bertz CT molecular complexity index is 1130. The Hall–Kier alpha value is -3.39. The number of carbonyl (C=O) groups is 2. The van der Waals surface area contributed by atoms with Crippen molar-refractivity contribution in [1.82, 2.24) is 9.55 Å². The van der Waals surface area contributed by atoms with E-state index in [0.29, 0.717) is 27.4 Å². The number of benzene rings is 2. The Morgan fingerprint density at radius 2 is 2.00 bits per heavy atom. The fourth-order valence-corrected chi connectivity index (χ4v) is 2.83. The van der Waals surface area contributed by atoms with E-state index in [2.05, 4.69) is 10.3 Å². The molecule has 8 nitrogen and oxygen atoms in total. The molecule has 0 aliphatic carbocycles. The third-order valence-corrected chi connectivity index (χ3v) is 4.36. The zero-order valence-electron chi connectivity index (χ0n) is 15.7. The van der Waals surface area contributed by atoms with Crippen molar-refractivity contribution in [3.05, 3.63) is 64.2 Å². The van der Waals surface area contributed by atoms with Crippen LogP contribution in [0.2, 0.25) is 5.02 Å². The lowest BCUT2D eigenvalue weighted by Crippen LogP contribution is -2.33. The highest BCUT2D eigenvalue weighted by Crippen LogP contribution is 2.27. The van der Waals surface area contributed by atoms with Gasteiger partial charge in [0.05, 0.1) is 30.0 Å². The molecule has 0 fully saturated rings. The van der Waals surface area contributed by atoms with Crippen molar-refractivity contribution in [1.29, 1.82) is 0 Å². The maximum absolute atomic E-state index is 12.4. The van der Waals surface area contributed by atoms with Gasteiger partial charge in [0.2, 0.25) is 0 Å². The molecule has 0 saturated carbocycles. The Morgan fingerprint density at radius 3 is 2.76 bits per heavy atom. The fourth-order valence-electron chi connectivity index (χ4n) is 2.66. The molecule has 3 aromatic rings. The molecule has 0 aliphatic heterocycles. The van der Waals surface area contributed by atoms with Gasteiger partial charge in [0, 0.05) is 5.02 Å². The lowest BCUT2D eigenvalue weighted by molar-refractivity contribution is -0.153. The molecule has 3 rings (SSSR count). The number of nitrogens with zero attached hydrogens (tertiary/aromatic N) is 2. The number of rotatable bonds is 6. The van der Waals surface area contributed by atoms with Crippen molar-refractivity contribution in [2.75, 3.05) is 12.4 Å². The van der Waals surface area contributed by atoms with Crippen LogP contribution in [-0.2, 0) is 20.9 Å². The number of aromatic nitrogens is 2. The van der Waals surface area contributed by atoms with Gasteiger partial charge in [-0.25, -0.2) is 4.98 Å². The minimum atomic E-state index is -1.10. The number of nitrogens with one attached hydrogen (secondary N) is 1. The molecule has 29 heavy (non-hydrogen) atoms. The van der Waals surface area contributed by atoms with E-state index < -0.39 is 18.0 Å². The van der Waals surface area contributed by atoms with Crippen molar-refractivity contribution >= 4 is 40.1 Å². The van der Waals surface area contributed by atoms with Crippen LogP contribution in [0.1, 0.15) is 6.92 Å². The zero-order chi connectivity index (χ0) is 21.0. The largest absolute Gasteiger partial charge is 0.495 e. The number of methoxy groups -OCH3 is 1. The molecule has 0 bridgehead atoms. The van der Waals surface area contributed by atoms with Crippen LogP contribution in [0.25, 0.3) is 10.9 Å². The minimum Gasteiger partial charge on any atom is -0.495 e. The molecule has 0 saturated heterocycles. The molecule has 2 aromatic carbocycles. The molecule has 1 atom stereocenters. The van der Waals surface area contributed by atoms with E-state index >= 15 is 0 Å². The van der Waals surface area contributed by atoms with Gasteiger partial charge in [-0.2, -0.15) is 0 Å². The van der Waals surface area contributed by atoms with Crippen LogP contribution in [0, 0.1) is 0 Å².